The highest BCUT2D eigenvalue weighted by Gasteiger charge is 2.15. The van der Waals surface area contributed by atoms with Gasteiger partial charge in [0.2, 0.25) is 0 Å². The Morgan fingerprint density at radius 2 is 2.16 bits per heavy atom. The Morgan fingerprint density at radius 3 is 2.74 bits per heavy atom. The van der Waals surface area contributed by atoms with E-state index in [1.54, 1.807) is 19.2 Å². The van der Waals surface area contributed by atoms with Crippen LogP contribution in [0.5, 0.6) is 5.88 Å². The van der Waals surface area contributed by atoms with Crippen LogP contribution in [0, 0.1) is 0 Å². The van der Waals surface area contributed by atoms with E-state index in [1.165, 1.54) is 7.11 Å². The van der Waals surface area contributed by atoms with Crippen LogP contribution in [0.25, 0.3) is 10.9 Å². The number of aromatic nitrogens is 1. The van der Waals surface area contributed by atoms with Crippen molar-refractivity contribution in [2.75, 3.05) is 14.2 Å². The average molecular weight is 262 g/mol. The molecule has 0 radical (unpaired) electrons. The lowest BCUT2D eigenvalue weighted by Gasteiger charge is -2.06. The van der Waals surface area contributed by atoms with Crippen molar-refractivity contribution in [3.63, 3.8) is 0 Å². The number of benzene rings is 1. The van der Waals surface area contributed by atoms with Crippen LogP contribution >= 0.6 is 0 Å². The highest BCUT2D eigenvalue weighted by atomic mass is 16.5. The van der Waals surface area contributed by atoms with Crippen molar-refractivity contribution < 1.29 is 14.3 Å². The van der Waals surface area contributed by atoms with Crippen molar-refractivity contribution in [2.45, 2.75) is 19.4 Å². The molecule has 1 aromatic carbocycles. The number of carbonyl (C=O) groups excluding carboxylic acids is 1. The molecule has 0 aliphatic carbocycles. The number of methoxy groups -OCH3 is 2. The predicted octanol–water partition coefficient (Wildman–Crippen LogP) is 1.85. The van der Waals surface area contributed by atoms with Gasteiger partial charge in [0, 0.05) is 22.5 Å². The summed E-state index contributed by atoms with van der Waals surface area (Å²) in [6.45, 7) is 1.95. The highest BCUT2D eigenvalue weighted by Crippen LogP contribution is 2.29. The molecule has 0 amide bonds. The highest BCUT2D eigenvalue weighted by molar-refractivity contribution is 5.96. The van der Waals surface area contributed by atoms with E-state index in [2.05, 4.69) is 4.98 Å². The summed E-state index contributed by atoms with van der Waals surface area (Å²) in [5.74, 6) is 0.332. The van der Waals surface area contributed by atoms with Crippen molar-refractivity contribution in [3.05, 3.63) is 29.3 Å². The Morgan fingerprint density at radius 1 is 1.42 bits per heavy atom. The summed E-state index contributed by atoms with van der Waals surface area (Å²) in [6, 6.07) is 5.42. The van der Waals surface area contributed by atoms with Crippen LogP contribution in [-0.4, -0.2) is 31.2 Å². The maximum atomic E-state index is 11.5. The van der Waals surface area contributed by atoms with Gasteiger partial charge in [0.1, 0.15) is 0 Å². The fourth-order valence-electron chi connectivity index (χ4n) is 2.17. The Balaban J connectivity index is 2.53. The second kappa shape index (κ2) is 5.32. The summed E-state index contributed by atoms with van der Waals surface area (Å²) in [6.07, 6.45) is 0.709. The van der Waals surface area contributed by atoms with E-state index in [4.69, 9.17) is 15.2 Å². The van der Waals surface area contributed by atoms with Crippen molar-refractivity contribution in [3.8, 4) is 5.88 Å². The number of ether oxygens (including phenoxy) is 2. The van der Waals surface area contributed by atoms with Gasteiger partial charge in [0.05, 0.1) is 19.8 Å². The molecule has 1 heterocycles. The summed E-state index contributed by atoms with van der Waals surface area (Å²) in [7, 11) is 2.97. The first-order valence-corrected chi connectivity index (χ1v) is 6.09. The number of aromatic amines is 1. The summed E-state index contributed by atoms with van der Waals surface area (Å²) in [5, 5.41) is 1.02. The lowest BCUT2D eigenvalue weighted by Crippen LogP contribution is -2.17. The second-order valence-electron chi connectivity index (χ2n) is 4.57. The number of nitrogens with one attached hydrogen (secondary N) is 1. The molecule has 19 heavy (non-hydrogen) atoms. The molecule has 5 nitrogen and oxygen atoms in total. The fourth-order valence-corrected chi connectivity index (χ4v) is 2.17. The molecule has 1 aromatic heterocycles. The molecule has 0 saturated heterocycles. The lowest BCUT2D eigenvalue weighted by atomic mass is 10.0. The molecular formula is C14H18N2O3. The largest absolute Gasteiger partial charge is 0.482 e. The molecule has 3 N–H and O–H groups in total. The third-order valence-corrected chi connectivity index (χ3v) is 3.02. The smallest absolute Gasteiger partial charge is 0.337 e. The monoisotopic (exact) mass is 262 g/mol. The first-order valence-electron chi connectivity index (χ1n) is 6.09. The first-order chi connectivity index (χ1) is 9.06. The normalized spacial score (nSPS) is 12.4. The molecule has 0 bridgehead atoms. The van der Waals surface area contributed by atoms with Crippen LogP contribution < -0.4 is 10.5 Å². The zero-order valence-corrected chi connectivity index (χ0v) is 11.3. The number of hydrogen-bond acceptors (Lipinski definition) is 4. The summed E-state index contributed by atoms with van der Waals surface area (Å²) in [5.41, 5.74) is 8.23. The van der Waals surface area contributed by atoms with Crippen LogP contribution in [0.15, 0.2) is 18.2 Å². The number of fused-ring (bicyclic) bond motifs is 1. The minimum atomic E-state index is -0.357. The molecule has 1 atom stereocenters. The van der Waals surface area contributed by atoms with E-state index in [-0.39, 0.29) is 12.0 Å². The van der Waals surface area contributed by atoms with E-state index in [9.17, 15) is 4.79 Å². The number of carbonyl (C=O) groups is 1. The number of rotatable bonds is 4. The molecule has 0 fully saturated rings. The molecule has 0 saturated carbocycles. The van der Waals surface area contributed by atoms with Gasteiger partial charge < -0.3 is 20.2 Å². The Bertz CT molecular complexity index is 602. The number of nitrogens with two attached hydrogens (primary N) is 1. The van der Waals surface area contributed by atoms with E-state index in [1.807, 2.05) is 13.0 Å². The van der Waals surface area contributed by atoms with Crippen molar-refractivity contribution >= 4 is 16.9 Å². The molecular weight excluding hydrogens is 244 g/mol. The Kier molecular flexibility index (Phi) is 3.76. The third kappa shape index (κ3) is 2.56. The Hall–Kier alpha value is -2.01. The summed E-state index contributed by atoms with van der Waals surface area (Å²) in [4.78, 5) is 14.7. The molecule has 1 unspecified atom stereocenters. The molecule has 0 spiro atoms. The topological polar surface area (TPSA) is 77.3 Å². The van der Waals surface area contributed by atoms with Gasteiger partial charge in [-0.05, 0) is 25.5 Å². The molecule has 5 heteroatoms. The fraction of sp³-hybridized carbons (Fsp3) is 0.357. The number of esters is 1. The number of H-pyrrole nitrogens is 1. The van der Waals surface area contributed by atoms with E-state index >= 15 is 0 Å². The van der Waals surface area contributed by atoms with Crippen molar-refractivity contribution in [1.29, 1.82) is 0 Å². The zero-order valence-electron chi connectivity index (χ0n) is 11.3. The van der Waals surface area contributed by atoms with Gasteiger partial charge in [0.15, 0.2) is 5.88 Å². The summed E-state index contributed by atoms with van der Waals surface area (Å²) < 4.78 is 10.0. The minimum Gasteiger partial charge on any atom is -0.482 e. The standard InChI is InChI=1S/C14H18N2O3/c1-8(15)6-11-10-5-4-9(14(17)19-3)7-12(10)16-13(11)18-2/h4-5,7-8,16H,6,15H2,1-3H3. The van der Waals surface area contributed by atoms with Gasteiger partial charge in [-0.2, -0.15) is 0 Å². The van der Waals surface area contributed by atoms with E-state index in [0.717, 1.165) is 16.5 Å². The third-order valence-electron chi connectivity index (χ3n) is 3.02. The molecule has 2 aromatic rings. The van der Waals surface area contributed by atoms with Gasteiger partial charge in [0.25, 0.3) is 0 Å². The van der Waals surface area contributed by atoms with E-state index in [0.29, 0.717) is 17.9 Å². The van der Waals surface area contributed by atoms with Gasteiger partial charge in [-0.3, -0.25) is 0 Å². The second-order valence-corrected chi connectivity index (χ2v) is 4.57. The molecule has 0 aliphatic rings. The van der Waals surface area contributed by atoms with Gasteiger partial charge >= 0.3 is 5.97 Å². The molecule has 102 valence electrons. The predicted molar refractivity (Wildman–Crippen MR) is 73.5 cm³/mol. The van der Waals surface area contributed by atoms with Crippen molar-refractivity contribution in [2.24, 2.45) is 5.73 Å². The van der Waals surface area contributed by atoms with Gasteiger partial charge in [-0.1, -0.05) is 6.07 Å². The van der Waals surface area contributed by atoms with E-state index < -0.39 is 0 Å². The van der Waals surface area contributed by atoms with Crippen LogP contribution in [-0.2, 0) is 11.2 Å². The minimum absolute atomic E-state index is 0.0354. The SMILES string of the molecule is COC(=O)c1ccc2c(CC(C)N)c(OC)[nH]c2c1. The Labute approximate surface area is 111 Å². The summed E-state index contributed by atoms with van der Waals surface area (Å²) >= 11 is 0. The average Bonchev–Trinajstić information content (AvgIpc) is 2.74. The van der Waals surface area contributed by atoms with Crippen molar-refractivity contribution in [1.82, 2.24) is 4.98 Å². The lowest BCUT2D eigenvalue weighted by molar-refractivity contribution is 0.0601. The quantitative estimate of drug-likeness (QED) is 0.824. The first kappa shape index (κ1) is 13.4. The van der Waals surface area contributed by atoms with Crippen LogP contribution in [0.1, 0.15) is 22.8 Å². The number of hydrogen-bond donors (Lipinski definition) is 2. The molecule has 2 rings (SSSR count). The zero-order chi connectivity index (χ0) is 14.0. The maximum absolute atomic E-state index is 11.5. The van der Waals surface area contributed by atoms with Crippen LogP contribution in [0.3, 0.4) is 0 Å². The maximum Gasteiger partial charge on any atom is 0.337 e. The van der Waals surface area contributed by atoms with Gasteiger partial charge in [-0.25, -0.2) is 4.79 Å². The van der Waals surface area contributed by atoms with Crippen LogP contribution in [0.4, 0.5) is 0 Å². The van der Waals surface area contributed by atoms with Crippen LogP contribution in [0.2, 0.25) is 0 Å². The molecule has 0 aliphatic heterocycles. The van der Waals surface area contributed by atoms with Gasteiger partial charge in [-0.15, -0.1) is 0 Å².